The SMILES string of the molecule is C1=CC2=CC(c3cccc(-c4cccc(-c5cccc(-n6c7ccccc7c7ncccc76)c5)n4)n3)=CCC2C=C1. The van der Waals surface area contributed by atoms with Crippen molar-refractivity contribution in [3.63, 3.8) is 0 Å². The van der Waals surface area contributed by atoms with Gasteiger partial charge in [0.05, 0.1) is 39.3 Å². The van der Waals surface area contributed by atoms with Gasteiger partial charge in [0.15, 0.2) is 0 Å². The van der Waals surface area contributed by atoms with E-state index in [9.17, 15) is 0 Å². The van der Waals surface area contributed by atoms with Crippen molar-refractivity contribution in [2.75, 3.05) is 0 Å². The fourth-order valence-electron chi connectivity index (χ4n) is 5.98. The highest BCUT2D eigenvalue weighted by Crippen LogP contribution is 2.34. The van der Waals surface area contributed by atoms with E-state index in [2.05, 4.69) is 125 Å². The van der Waals surface area contributed by atoms with Crippen molar-refractivity contribution in [3.05, 3.63) is 151 Å². The van der Waals surface area contributed by atoms with E-state index < -0.39 is 0 Å². The van der Waals surface area contributed by atoms with Crippen LogP contribution in [-0.2, 0) is 0 Å². The quantitative estimate of drug-likeness (QED) is 0.231. The molecule has 0 aliphatic heterocycles. The van der Waals surface area contributed by atoms with E-state index in [1.54, 1.807) is 0 Å². The molecule has 4 heterocycles. The third kappa shape index (κ3) is 4.12. The van der Waals surface area contributed by atoms with Crippen molar-refractivity contribution in [2.24, 2.45) is 5.92 Å². The first-order chi connectivity index (χ1) is 20.3. The highest BCUT2D eigenvalue weighted by Gasteiger charge is 2.17. The van der Waals surface area contributed by atoms with Gasteiger partial charge >= 0.3 is 0 Å². The van der Waals surface area contributed by atoms with E-state index in [0.29, 0.717) is 5.92 Å². The lowest BCUT2D eigenvalue weighted by molar-refractivity contribution is 0.782. The second kappa shape index (κ2) is 9.68. The average Bonchev–Trinajstić information content (AvgIpc) is 3.39. The highest BCUT2D eigenvalue weighted by atomic mass is 15.0. The first-order valence-electron chi connectivity index (χ1n) is 14.0. The molecule has 8 rings (SSSR count). The van der Waals surface area contributed by atoms with Gasteiger partial charge in [-0.25, -0.2) is 9.97 Å². The molecule has 6 aromatic rings. The molecule has 0 N–H and O–H groups in total. The maximum atomic E-state index is 5.07. The number of nitrogens with zero attached hydrogens (tertiary/aromatic N) is 4. The molecule has 0 bridgehead atoms. The summed E-state index contributed by atoms with van der Waals surface area (Å²) in [6.45, 7) is 0. The van der Waals surface area contributed by atoms with E-state index in [1.165, 1.54) is 11.1 Å². The van der Waals surface area contributed by atoms with Gasteiger partial charge < -0.3 is 4.57 Å². The van der Waals surface area contributed by atoms with Crippen LogP contribution in [0, 0.1) is 5.92 Å². The summed E-state index contributed by atoms with van der Waals surface area (Å²) >= 11 is 0. The minimum atomic E-state index is 0.472. The first kappa shape index (κ1) is 23.5. The molecule has 2 aliphatic rings. The average molecular weight is 527 g/mol. The lowest BCUT2D eigenvalue weighted by Crippen LogP contribution is -2.06. The summed E-state index contributed by atoms with van der Waals surface area (Å²) in [5.74, 6) is 0.472. The van der Waals surface area contributed by atoms with Crippen molar-refractivity contribution < 1.29 is 0 Å². The van der Waals surface area contributed by atoms with Crippen LogP contribution in [0.25, 0.3) is 55.8 Å². The zero-order valence-corrected chi connectivity index (χ0v) is 22.4. The summed E-state index contributed by atoms with van der Waals surface area (Å²) in [5.41, 5.74) is 11.5. The van der Waals surface area contributed by atoms with Crippen molar-refractivity contribution in [1.29, 1.82) is 0 Å². The predicted octanol–water partition coefficient (Wildman–Crippen LogP) is 8.76. The van der Waals surface area contributed by atoms with Crippen LogP contribution in [0.5, 0.6) is 0 Å². The normalized spacial score (nSPS) is 16.0. The summed E-state index contributed by atoms with van der Waals surface area (Å²) < 4.78 is 2.28. The number of hydrogen-bond acceptors (Lipinski definition) is 3. The summed E-state index contributed by atoms with van der Waals surface area (Å²) in [5, 5.41) is 1.15. The zero-order valence-electron chi connectivity index (χ0n) is 22.4. The molecule has 4 heteroatoms. The van der Waals surface area contributed by atoms with E-state index in [4.69, 9.17) is 9.97 Å². The van der Waals surface area contributed by atoms with Crippen LogP contribution >= 0.6 is 0 Å². The minimum Gasteiger partial charge on any atom is -0.308 e. The lowest BCUT2D eigenvalue weighted by atomic mass is 9.85. The Morgan fingerprint density at radius 1 is 0.683 bits per heavy atom. The predicted molar refractivity (Wildman–Crippen MR) is 167 cm³/mol. The Morgan fingerprint density at radius 3 is 2.39 bits per heavy atom. The molecule has 0 amide bonds. The summed E-state index contributed by atoms with van der Waals surface area (Å²) in [6, 6.07) is 33.5. The van der Waals surface area contributed by atoms with Gasteiger partial charge in [-0.1, -0.05) is 72.8 Å². The largest absolute Gasteiger partial charge is 0.308 e. The van der Waals surface area contributed by atoms with Crippen molar-refractivity contribution in [2.45, 2.75) is 6.42 Å². The van der Waals surface area contributed by atoms with E-state index in [0.717, 1.165) is 62.4 Å². The van der Waals surface area contributed by atoms with Crippen LogP contribution in [0.1, 0.15) is 12.1 Å². The third-order valence-corrected chi connectivity index (χ3v) is 7.97. The Balaban J connectivity index is 1.17. The maximum Gasteiger partial charge on any atom is 0.0963 e. The molecule has 4 nitrogen and oxygen atoms in total. The molecular weight excluding hydrogens is 500 g/mol. The van der Waals surface area contributed by atoms with Crippen LogP contribution in [0.3, 0.4) is 0 Å². The molecule has 194 valence electrons. The van der Waals surface area contributed by atoms with Crippen LogP contribution < -0.4 is 0 Å². The monoisotopic (exact) mass is 526 g/mol. The molecule has 0 radical (unpaired) electrons. The van der Waals surface area contributed by atoms with E-state index in [1.807, 2.05) is 24.4 Å². The van der Waals surface area contributed by atoms with Gasteiger partial charge in [0.2, 0.25) is 0 Å². The molecule has 4 aromatic heterocycles. The van der Waals surface area contributed by atoms with Crippen molar-refractivity contribution in [1.82, 2.24) is 19.5 Å². The fourth-order valence-corrected chi connectivity index (χ4v) is 5.98. The number of hydrogen-bond donors (Lipinski definition) is 0. The Labute approximate surface area is 238 Å². The van der Waals surface area contributed by atoms with E-state index in [-0.39, 0.29) is 0 Å². The van der Waals surface area contributed by atoms with Gasteiger partial charge in [-0.2, -0.15) is 0 Å². The molecule has 0 fully saturated rings. The molecule has 1 atom stereocenters. The fraction of sp³-hybridized carbons (Fsp3) is 0.0541. The number of fused-ring (bicyclic) bond motifs is 4. The Kier molecular flexibility index (Phi) is 5.56. The van der Waals surface area contributed by atoms with Crippen molar-refractivity contribution >= 4 is 27.5 Å². The second-order valence-corrected chi connectivity index (χ2v) is 10.5. The Hall–Kier alpha value is -5.35. The zero-order chi connectivity index (χ0) is 27.2. The van der Waals surface area contributed by atoms with E-state index >= 15 is 0 Å². The topological polar surface area (TPSA) is 43.6 Å². The standard InChI is InChI=1S/C37H26N4/c1-2-10-26-23-28(21-20-25(26)9-1)32-15-7-17-34(40-32)33-16-6-14-31(39-33)27-11-5-12-29(24-27)41-35-18-4-3-13-30(35)37-36(41)19-8-22-38-37/h1-19,21-25H,20H2. The van der Waals surface area contributed by atoms with Crippen LogP contribution in [0.2, 0.25) is 0 Å². The molecule has 2 aliphatic carbocycles. The minimum absolute atomic E-state index is 0.472. The van der Waals surface area contributed by atoms with Gasteiger partial charge in [-0.05, 0) is 78.2 Å². The maximum absolute atomic E-state index is 5.07. The summed E-state index contributed by atoms with van der Waals surface area (Å²) in [7, 11) is 0. The molecule has 1 unspecified atom stereocenters. The molecular formula is C37H26N4. The third-order valence-electron chi connectivity index (χ3n) is 7.97. The van der Waals surface area contributed by atoms with Crippen molar-refractivity contribution in [3.8, 4) is 28.3 Å². The number of benzene rings is 2. The molecule has 41 heavy (non-hydrogen) atoms. The van der Waals surface area contributed by atoms with Gasteiger partial charge in [0.1, 0.15) is 0 Å². The van der Waals surface area contributed by atoms with Crippen LogP contribution in [0.4, 0.5) is 0 Å². The molecule has 0 saturated heterocycles. The molecule has 0 saturated carbocycles. The molecule has 2 aromatic carbocycles. The Bertz CT molecular complexity index is 2040. The summed E-state index contributed by atoms with van der Waals surface area (Å²) in [4.78, 5) is 14.8. The first-order valence-corrected chi connectivity index (χ1v) is 14.0. The lowest BCUT2D eigenvalue weighted by Gasteiger charge is -2.21. The second-order valence-electron chi connectivity index (χ2n) is 10.5. The number of allylic oxidation sites excluding steroid dienone is 8. The van der Waals surface area contributed by atoms with Crippen LogP contribution in [-0.4, -0.2) is 19.5 Å². The molecule has 0 spiro atoms. The number of rotatable bonds is 4. The van der Waals surface area contributed by atoms with Gasteiger partial charge in [-0.15, -0.1) is 0 Å². The van der Waals surface area contributed by atoms with Gasteiger partial charge in [-0.3, -0.25) is 4.98 Å². The number of para-hydroxylation sites is 1. The highest BCUT2D eigenvalue weighted by molar-refractivity contribution is 6.07. The summed E-state index contributed by atoms with van der Waals surface area (Å²) in [6.07, 6.45) is 16.1. The smallest absolute Gasteiger partial charge is 0.0963 e. The Morgan fingerprint density at radius 2 is 1.46 bits per heavy atom. The van der Waals surface area contributed by atoms with Gasteiger partial charge in [0.25, 0.3) is 0 Å². The number of aromatic nitrogens is 4. The number of pyridine rings is 3. The van der Waals surface area contributed by atoms with Gasteiger partial charge in [0, 0.05) is 28.8 Å². The van der Waals surface area contributed by atoms with Crippen LogP contribution in [0.15, 0.2) is 145 Å².